The predicted octanol–water partition coefficient (Wildman–Crippen LogP) is 2.01. The van der Waals surface area contributed by atoms with Gasteiger partial charge in [-0.3, -0.25) is 10.1 Å². The monoisotopic (exact) mass is 247 g/mol. The Morgan fingerprint density at radius 2 is 1.76 bits per heavy atom. The minimum atomic E-state index is -0.113. The summed E-state index contributed by atoms with van der Waals surface area (Å²) in [5, 5.41) is 3.44. The fourth-order valence-electron chi connectivity index (χ4n) is 1.41. The smallest absolute Gasteiger partial charge is 0.256 e. The van der Waals surface area contributed by atoms with E-state index in [1.165, 1.54) is 0 Å². The van der Waals surface area contributed by atoms with Crippen LogP contribution in [0.1, 0.15) is 10.4 Å². The highest BCUT2D eigenvalue weighted by atomic mass is 35.5. The highest BCUT2D eigenvalue weighted by Crippen LogP contribution is 2.08. The van der Waals surface area contributed by atoms with Crippen LogP contribution in [0.3, 0.4) is 0 Å². The molecule has 0 spiro atoms. The molecule has 3 nitrogen and oxygen atoms in total. The highest BCUT2D eigenvalue weighted by molar-refractivity contribution is 6.30. The Morgan fingerprint density at radius 3 is 2.41 bits per heavy atom. The van der Waals surface area contributed by atoms with Crippen molar-refractivity contribution in [3.05, 3.63) is 65.4 Å². The maximum atomic E-state index is 11.8. The quantitative estimate of drug-likeness (QED) is 0.827. The van der Waals surface area contributed by atoms with E-state index in [1.54, 1.807) is 24.3 Å². The zero-order valence-electron chi connectivity index (χ0n) is 9.14. The van der Waals surface area contributed by atoms with Crippen molar-refractivity contribution in [1.82, 2.24) is 5.32 Å². The number of carbonyl (C=O) groups is 1. The fraction of sp³-hybridized carbons (Fsp3) is 0.0769. The second-order valence-electron chi connectivity index (χ2n) is 3.56. The molecule has 17 heavy (non-hydrogen) atoms. The summed E-state index contributed by atoms with van der Waals surface area (Å²) in [5.74, 6) is -0.113. The van der Waals surface area contributed by atoms with E-state index in [0.717, 1.165) is 0 Å². The lowest BCUT2D eigenvalue weighted by atomic mass is 10.2. The molecular weight excluding hydrogens is 236 g/mol. The molecule has 0 aliphatic carbocycles. The maximum absolute atomic E-state index is 11.8. The van der Waals surface area contributed by atoms with Crippen molar-refractivity contribution in [2.24, 2.45) is 0 Å². The lowest BCUT2D eigenvalue weighted by molar-refractivity contribution is -0.699. The number of pyridine rings is 1. The summed E-state index contributed by atoms with van der Waals surface area (Å²) in [6.07, 6.45) is 3.78. The molecule has 1 amide bonds. The summed E-state index contributed by atoms with van der Waals surface area (Å²) in [6, 6.07) is 12.6. The van der Waals surface area contributed by atoms with Gasteiger partial charge in [0, 0.05) is 22.7 Å². The Kier molecular flexibility index (Phi) is 3.73. The molecule has 2 rings (SSSR count). The third kappa shape index (κ3) is 3.29. The van der Waals surface area contributed by atoms with E-state index >= 15 is 0 Å². The van der Waals surface area contributed by atoms with E-state index in [1.807, 2.05) is 35.2 Å². The number of amides is 1. The molecule has 0 unspecified atom stereocenters. The summed E-state index contributed by atoms with van der Waals surface area (Å²) in [6.45, 7) is 0.447. The zero-order chi connectivity index (χ0) is 12.1. The Labute approximate surface area is 105 Å². The first kappa shape index (κ1) is 11.6. The van der Waals surface area contributed by atoms with Crippen molar-refractivity contribution in [1.29, 1.82) is 0 Å². The van der Waals surface area contributed by atoms with Gasteiger partial charge in [-0.15, -0.1) is 0 Å². The molecule has 1 aromatic heterocycles. The second-order valence-corrected chi connectivity index (χ2v) is 4.00. The lowest BCUT2D eigenvalue weighted by Gasteiger charge is -2.02. The van der Waals surface area contributed by atoms with E-state index < -0.39 is 0 Å². The molecule has 0 fully saturated rings. The first-order valence-electron chi connectivity index (χ1n) is 5.23. The molecule has 0 radical (unpaired) electrons. The summed E-state index contributed by atoms with van der Waals surface area (Å²) in [7, 11) is 0. The lowest BCUT2D eigenvalue weighted by Crippen LogP contribution is -2.42. The number of nitrogens with one attached hydrogen (secondary N) is 1. The van der Waals surface area contributed by atoms with Gasteiger partial charge in [0.05, 0.1) is 0 Å². The fourth-order valence-corrected chi connectivity index (χ4v) is 1.53. The number of halogens is 1. The van der Waals surface area contributed by atoms with Crippen molar-refractivity contribution >= 4 is 17.5 Å². The van der Waals surface area contributed by atoms with Gasteiger partial charge in [-0.2, -0.15) is 4.57 Å². The molecule has 0 atom stereocenters. The van der Waals surface area contributed by atoms with Gasteiger partial charge >= 0.3 is 0 Å². The van der Waals surface area contributed by atoms with Crippen LogP contribution in [0.15, 0.2) is 54.9 Å². The molecule has 0 saturated carbocycles. The second kappa shape index (κ2) is 5.46. The minimum absolute atomic E-state index is 0.113. The number of hydrogen-bond donors (Lipinski definition) is 1. The molecule has 86 valence electrons. The van der Waals surface area contributed by atoms with Gasteiger partial charge in [-0.05, 0) is 24.3 Å². The minimum Gasteiger partial charge on any atom is -0.297 e. The number of benzene rings is 1. The van der Waals surface area contributed by atoms with Crippen LogP contribution in [0.2, 0.25) is 5.02 Å². The summed E-state index contributed by atoms with van der Waals surface area (Å²) >= 11 is 5.75. The third-order valence-corrected chi connectivity index (χ3v) is 2.56. The SMILES string of the molecule is O=C(NC[n+]1ccccc1)c1ccc(Cl)cc1. The maximum Gasteiger partial charge on any atom is 0.256 e. The van der Waals surface area contributed by atoms with Crippen molar-refractivity contribution in [3.63, 3.8) is 0 Å². The van der Waals surface area contributed by atoms with Gasteiger partial charge in [-0.25, -0.2) is 0 Å². The topological polar surface area (TPSA) is 33.0 Å². The van der Waals surface area contributed by atoms with Crippen LogP contribution in [0.4, 0.5) is 0 Å². The van der Waals surface area contributed by atoms with Crippen LogP contribution in [-0.2, 0) is 6.67 Å². The van der Waals surface area contributed by atoms with Gasteiger partial charge in [0.1, 0.15) is 0 Å². The molecule has 0 aliphatic rings. The molecule has 2 aromatic rings. The molecule has 1 aromatic carbocycles. The van der Waals surface area contributed by atoms with Crippen molar-refractivity contribution in [2.45, 2.75) is 6.67 Å². The van der Waals surface area contributed by atoms with Gasteiger partial charge in [0.25, 0.3) is 5.91 Å². The summed E-state index contributed by atoms with van der Waals surface area (Å²) in [5.41, 5.74) is 0.603. The largest absolute Gasteiger partial charge is 0.297 e. The Hall–Kier alpha value is -1.87. The predicted molar refractivity (Wildman–Crippen MR) is 65.6 cm³/mol. The van der Waals surface area contributed by atoms with Crippen LogP contribution in [-0.4, -0.2) is 5.91 Å². The van der Waals surface area contributed by atoms with Crippen molar-refractivity contribution in [3.8, 4) is 0 Å². The zero-order valence-corrected chi connectivity index (χ0v) is 9.89. The average molecular weight is 248 g/mol. The van der Waals surface area contributed by atoms with Crippen LogP contribution < -0.4 is 9.88 Å². The van der Waals surface area contributed by atoms with E-state index in [-0.39, 0.29) is 5.91 Å². The molecule has 0 saturated heterocycles. The van der Waals surface area contributed by atoms with E-state index in [4.69, 9.17) is 11.6 Å². The highest BCUT2D eigenvalue weighted by Gasteiger charge is 2.06. The van der Waals surface area contributed by atoms with Gasteiger partial charge in [0.15, 0.2) is 12.4 Å². The Bertz CT molecular complexity index is 497. The Balaban J connectivity index is 1.96. The van der Waals surface area contributed by atoms with Gasteiger partial charge < -0.3 is 0 Å². The van der Waals surface area contributed by atoms with Crippen molar-refractivity contribution < 1.29 is 9.36 Å². The van der Waals surface area contributed by atoms with E-state index in [0.29, 0.717) is 17.3 Å². The number of rotatable bonds is 3. The molecule has 0 aliphatic heterocycles. The third-order valence-electron chi connectivity index (χ3n) is 2.31. The number of carbonyl (C=O) groups excluding carboxylic acids is 1. The molecular formula is C13H12ClN2O+. The van der Waals surface area contributed by atoms with Crippen LogP contribution in [0.5, 0.6) is 0 Å². The molecule has 4 heteroatoms. The molecule has 1 N–H and O–H groups in total. The molecule has 0 bridgehead atoms. The van der Waals surface area contributed by atoms with E-state index in [9.17, 15) is 4.79 Å². The number of nitrogens with zero attached hydrogens (tertiary/aromatic N) is 1. The first-order valence-corrected chi connectivity index (χ1v) is 5.61. The van der Waals surface area contributed by atoms with Crippen LogP contribution >= 0.6 is 11.6 Å². The van der Waals surface area contributed by atoms with Crippen molar-refractivity contribution in [2.75, 3.05) is 0 Å². The Morgan fingerprint density at radius 1 is 1.12 bits per heavy atom. The standard InChI is InChI=1S/C13H11ClN2O/c14-12-6-4-11(5-7-12)13(17)15-10-16-8-2-1-3-9-16/h1-9H,10H2/p+1. The van der Waals surface area contributed by atoms with E-state index in [2.05, 4.69) is 5.32 Å². The normalized spacial score (nSPS) is 9.94. The van der Waals surface area contributed by atoms with Crippen LogP contribution in [0.25, 0.3) is 0 Å². The van der Waals surface area contributed by atoms with Gasteiger partial charge in [-0.1, -0.05) is 17.7 Å². The average Bonchev–Trinajstić information content (AvgIpc) is 2.38. The number of aromatic nitrogens is 1. The van der Waals surface area contributed by atoms with Crippen LogP contribution in [0, 0.1) is 0 Å². The first-order chi connectivity index (χ1) is 8.25. The molecule has 1 heterocycles. The summed E-state index contributed by atoms with van der Waals surface area (Å²) in [4.78, 5) is 11.8. The summed E-state index contributed by atoms with van der Waals surface area (Å²) < 4.78 is 1.88. The van der Waals surface area contributed by atoms with Gasteiger partial charge in [0.2, 0.25) is 6.67 Å². The number of hydrogen-bond acceptors (Lipinski definition) is 1.